The number of benzene rings is 1. The van der Waals surface area contributed by atoms with Crippen LogP contribution in [0.1, 0.15) is 23.2 Å². The fraction of sp³-hybridized carbons (Fsp3) is 0.333. The van der Waals surface area contributed by atoms with E-state index in [1.54, 1.807) is 6.07 Å². The molecular formula is C15H18N4O2. The number of aromatic nitrogens is 1. The van der Waals surface area contributed by atoms with Crippen molar-refractivity contribution in [1.29, 1.82) is 0 Å². The number of anilines is 1. The zero-order chi connectivity index (χ0) is 14.7. The van der Waals surface area contributed by atoms with Crippen LogP contribution in [0.3, 0.4) is 0 Å². The van der Waals surface area contributed by atoms with Crippen LogP contribution < -0.4 is 16.6 Å². The lowest BCUT2D eigenvalue weighted by atomic mass is 10.1. The zero-order valence-corrected chi connectivity index (χ0v) is 11.6. The molecule has 0 radical (unpaired) electrons. The molecule has 2 heterocycles. The fourth-order valence-electron chi connectivity index (χ4n) is 2.54. The first-order valence-electron chi connectivity index (χ1n) is 7.03. The van der Waals surface area contributed by atoms with Crippen molar-refractivity contribution in [3.05, 3.63) is 35.9 Å². The maximum absolute atomic E-state index is 12.5. The van der Waals surface area contributed by atoms with Crippen LogP contribution in [0, 0.1) is 0 Å². The molecule has 1 aliphatic rings. The molecule has 1 aliphatic heterocycles. The van der Waals surface area contributed by atoms with E-state index in [0.717, 1.165) is 23.7 Å². The molecule has 1 amide bonds. The summed E-state index contributed by atoms with van der Waals surface area (Å²) in [7, 11) is 0. The second-order valence-electron chi connectivity index (χ2n) is 5.08. The highest BCUT2D eigenvalue weighted by Gasteiger charge is 2.19. The van der Waals surface area contributed by atoms with Gasteiger partial charge in [0.05, 0.1) is 11.1 Å². The minimum Gasteiger partial charge on any atom is -0.381 e. The monoisotopic (exact) mass is 286 g/mol. The van der Waals surface area contributed by atoms with E-state index in [-0.39, 0.29) is 11.9 Å². The molecule has 2 aromatic rings. The normalized spacial score (nSPS) is 15.9. The number of hydrogen-bond acceptors (Lipinski definition) is 5. The summed E-state index contributed by atoms with van der Waals surface area (Å²) in [6.45, 7) is 1.38. The van der Waals surface area contributed by atoms with E-state index in [4.69, 9.17) is 10.6 Å². The molecule has 1 aromatic carbocycles. The number of nitrogens with two attached hydrogens (primary N) is 1. The predicted octanol–water partition coefficient (Wildman–Crippen LogP) is 1.43. The molecule has 0 unspecified atom stereocenters. The van der Waals surface area contributed by atoms with Crippen molar-refractivity contribution in [3.8, 4) is 0 Å². The Kier molecular flexibility index (Phi) is 3.98. The third kappa shape index (κ3) is 2.96. The van der Waals surface area contributed by atoms with E-state index in [1.165, 1.54) is 0 Å². The van der Waals surface area contributed by atoms with Gasteiger partial charge in [-0.2, -0.15) is 0 Å². The number of fused-ring (bicyclic) bond motifs is 1. The Morgan fingerprint density at radius 2 is 2.05 bits per heavy atom. The van der Waals surface area contributed by atoms with Crippen molar-refractivity contribution < 1.29 is 9.53 Å². The summed E-state index contributed by atoms with van der Waals surface area (Å²) in [5, 5.41) is 3.88. The van der Waals surface area contributed by atoms with E-state index in [0.29, 0.717) is 24.6 Å². The zero-order valence-electron chi connectivity index (χ0n) is 11.6. The molecule has 21 heavy (non-hydrogen) atoms. The van der Waals surface area contributed by atoms with Gasteiger partial charge in [-0.15, -0.1) is 0 Å². The van der Waals surface area contributed by atoms with E-state index in [1.807, 2.05) is 24.3 Å². The minimum absolute atomic E-state index is 0.1000. The number of nitrogens with one attached hydrogen (secondary N) is 2. The Bertz CT molecular complexity index is 653. The lowest BCUT2D eigenvalue weighted by Gasteiger charge is -2.23. The summed E-state index contributed by atoms with van der Waals surface area (Å²) in [4.78, 5) is 16.9. The topological polar surface area (TPSA) is 89.3 Å². The average Bonchev–Trinajstić information content (AvgIpc) is 2.54. The largest absolute Gasteiger partial charge is 0.381 e. The Labute approximate surface area is 122 Å². The number of para-hydroxylation sites is 1. The van der Waals surface area contributed by atoms with Crippen molar-refractivity contribution >= 4 is 22.6 Å². The van der Waals surface area contributed by atoms with Gasteiger partial charge in [0.15, 0.2) is 0 Å². The number of rotatable bonds is 3. The van der Waals surface area contributed by atoms with Gasteiger partial charge >= 0.3 is 0 Å². The number of hydrogen-bond donors (Lipinski definition) is 3. The van der Waals surface area contributed by atoms with Gasteiger partial charge < -0.3 is 15.5 Å². The highest BCUT2D eigenvalue weighted by Crippen LogP contribution is 2.21. The Balaban J connectivity index is 1.92. The third-order valence-corrected chi connectivity index (χ3v) is 3.67. The summed E-state index contributed by atoms with van der Waals surface area (Å²) in [5.74, 6) is 5.81. The molecule has 6 heteroatoms. The molecule has 0 bridgehead atoms. The number of pyridine rings is 1. The number of amides is 1. The van der Waals surface area contributed by atoms with Crippen molar-refractivity contribution in [3.63, 3.8) is 0 Å². The molecule has 4 N–H and O–H groups in total. The molecule has 110 valence electrons. The Morgan fingerprint density at radius 1 is 1.29 bits per heavy atom. The number of hydrazine groups is 1. The van der Waals surface area contributed by atoms with Crippen LogP contribution in [0.2, 0.25) is 0 Å². The summed E-state index contributed by atoms with van der Waals surface area (Å²) in [5.41, 5.74) is 3.83. The summed E-state index contributed by atoms with van der Waals surface area (Å²) in [6.07, 6.45) is 1.69. The van der Waals surface area contributed by atoms with Gasteiger partial charge in [-0.25, -0.2) is 10.8 Å². The molecule has 3 rings (SSSR count). The summed E-state index contributed by atoms with van der Waals surface area (Å²) in [6, 6.07) is 9.37. The van der Waals surface area contributed by atoms with Gasteiger partial charge in [-0.1, -0.05) is 18.2 Å². The van der Waals surface area contributed by atoms with Crippen molar-refractivity contribution in [2.24, 2.45) is 5.84 Å². The van der Waals surface area contributed by atoms with Crippen molar-refractivity contribution in [2.75, 3.05) is 18.6 Å². The van der Waals surface area contributed by atoms with Crippen molar-refractivity contribution in [2.45, 2.75) is 18.9 Å². The maximum atomic E-state index is 12.5. The Morgan fingerprint density at radius 3 is 2.81 bits per heavy atom. The second kappa shape index (κ2) is 6.07. The van der Waals surface area contributed by atoms with Crippen LogP contribution in [0.15, 0.2) is 30.3 Å². The first kappa shape index (κ1) is 13.8. The van der Waals surface area contributed by atoms with Gasteiger partial charge in [0.1, 0.15) is 5.82 Å². The van der Waals surface area contributed by atoms with E-state index < -0.39 is 0 Å². The smallest absolute Gasteiger partial charge is 0.252 e. The van der Waals surface area contributed by atoms with Gasteiger partial charge in [-0.05, 0) is 25.0 Å². The average molecular weight is 286 g/mol. The van der Waals surface area contributed by atoms with E-state index in [2.05, 4.69) is 15.7 Å². The van der Waals surface area contributed by atoms with E-state index >= 15 is 0 Å². The van der Waals surface area contributed by atoms with Gasteiger partial charge in [0.25, 0.3) is 5.91 Å². The minimum atomic E-state index is -0.1000. The predicted molar refractivity (Wildman–Crippen MR) is 80.9 cm³/mol. The molecule has 1 fully saturated rings. The van der Waals surface area contributed by atoms with Crippen LogP contribution in [0.25, 0.3) is 10.9 Å². The standard InChI is InChI=1S/C15H18N4O2/c16-19-14-9-12(11-3-1-2-4-13(11)18-14)15(20)17-10-5-7-21-8-6-10/h1-4,9-10H,5-8,16H2,(H,17,20)(H,18,19). The number of nitrogen functional groups attached to an aromatic ring is 1. The van der Waals surface area contributed by atoms with Gasteiger partial charge in [-0.3, -0.25) is 4.79 Å². The number of ether oxygens (including phenoxy) is 1. The first-order chi connectivity index (χ1) is 10.3. The molecule has 1 saturated heterocycles. The lowest BCUT2D eigenvalue weighted by molar-refractivity contribution is 0.0697. The SMILES string of the molecule is NNc1cc(C(=O)NC2CCOCC2)c2ccccc2n1. The quantitative estimate of drug-likeness (QED) is 0.586. The molecule has 0 aliphatic carbocycles. The van der Waals surface area contributed by atoms with Crippen LogP contribution in [0.4, 0.5) is 5.82 Å². The maximum Gasteiger partial charge on any atom is 0.252 e. The van der Waals surface area contributed by atoms with E-state index in [9.17, 15) is 4.79 Å². The second-order valence-corrected chi connectivity index (χ2v) is 5.08. The highest BCUT2D eigenvalue weighted by molar-refractivity contribution is 6.07. The molecule has 1 aromatic heterocycles. The van der Waals surface area contributed by atoms with Crippen LogP contribution in [0.5, 0.6) is 0 Å². The lowest BCUT2D eigenvalue weighted by Crippen LogP contribution is -2.39. The van der Waals surface area contributed by atoms with Crippen LogP contribution >= 0.6 is 0 Å². The molecule has 0 saturated carbocycles. The molecular weight excluding hydrogens is 268 g/mol. The number of nitrogens with zero attached hydrogens (tertiary/aromatic N) is 1. The van der Waals surface area contributed by atoms with Gasteiger partial charge in [0, 0.05) is 24.6 Å². The molecule has 0 spiro atoms. The van der Waals surface area contributed by atoms with Crippen LogP contribution in [-0.4, -0.2) is 30.1 Å². The van der Waals surface area contributed by atoms with Crippen LogP contribution in [-0.2, 0) is 4.74 Å². The fourth-order valence-corrected chi connectivity index (χ4v) is 2.54. The highest BCUT2D eigenvalue weighted by atomic mass is 16.5. The molecule has 0 atom stereocenters. The first-order valence-corrected chi connectivity index (χ1v) is 7.03. The van der Waals surface area contributed by atoms with Crippen molar-refractivity contribution in [1.82, 2.24) is 10.3 Å². The summed E-state index contributed by atoms with van der Waals surface area (Å²) < 4.78 is 5.31. The number of carbonyl (C=O) groups is 1. The molecule has 6 nitrogen and oxygen atoms in total. The Hall–Kier alpha value is -2.18. The number of carbonyl (C=O) groups excluding carboxylic acids is 1. The third-order valence-electron chi connectivity index (χ3n) is 3.67. The summed E-state index contributed by atoms with van der Waals surface area (Å²) >= 11 is 0. The van der Waals surface area contributed by atoms with Gasteiger partial charge in [0.2, 0.25) is 0 Å².